The highest BCUT2D eigenvalue weighted by atomic mass is 16.5. The Hall–Kier alpha value is -3.94. The number of rotatable bonds is 5. The second-order valence-electron chi connectivity index (χ2n) is 6.56. The summed E-state index contributed by atoms with van der Waals surface area (Å²) in [6.07, 6.45) is 0. The van der Waals surface area contributed by atoms with Crippen LogP contribution in [-0.2, 0) is 0 Å². The van der Waals surface area contributed by atoms with Gasteiger partial charge in [0, 0.05) is 5.56 Å². The van der Waals surface area contributed by atoms with Crippen LogP contribution in [0.25, 0.3) is 33.7 Å². The second kappa shape index (κ2) is 7.82. The fourth-order valence-electron chi connectivity index (χ4n) is 3.29. The molecule has 4 aromatic rings. The summed E-state index contributed by atoms with van der Waals surface area (Å²) in [4.78, 5) is 18.2. The van der Waals surface area contributed by atoms with Gasteiger partial charge < -0.3 is 19.9 Å². The van der Waals surface area contributed by atoms with Crippen molar-refractivity contribution < 1.29 is 14.2 Å². The van der Waals surface area contributed by atoms with Gasteiger partial charge in [0.25, 0.3) is 0 Å². The molecule has 0 radical (unpaired) electrons. The number of nitrogen functional groups attached to an aromatic ring is 1. The van der Waals surface area contributed by atoms with Crippen LogP contribution in [0.3, 0.4) is 0 Å². The van der Waals surface area contributed by atoms with Crippen LogP contribution in [0.4, 0.5) is 5.95 Å². The summed E-state index contributed by atoms with van der Waals surface area (Å²) >= 11 is 0. The zero-order chi connectivity index (χ0) is 21.3. The van der Waals surface area contributed by atoms with Crippen LogP contribution in [0.15, 0.2) is 42.5 Å². The minimum Gasteiger partial charge on any atom is -0.493 e. The van der Waals surface area contributed by atoms with Gasteiger partial charge in [0.1, 0.15) is 5.69 Å². The van der Waals surface area contributed by atoms with E-state index in [9.17, 15) is 0 Å². The minimum absolute atomic E-state index is 0.130. The monoisotopic (exact) mass is 403 g/mol. The number of methoxy groups -OCH3 is 3. The van der Waals surface area contributed by atoms with Gasteiger partial charge in [-0.25, -0.2) is 19.9 Å². The van der Waals surface area contributed by atoms with Crippen molar-refractivity contribution in [3.05, 3.63) is 48.2 Å². The summed E-state index contributed by atoms with van der Waals surface area (Å²) in [7, 11) is 4.69. The highest BCUT2D eigenvalue weighted by Crippen LogP contribution is 2.41. The van der Waals surface area contributed by atoms with Gasteiger partial charge in [0.2, 0.25) is 11.7 Å². The average Bonchev–Trinajstić information content (AvgIpc) is 2.77. The van der Waals surface area contributed by atoms with E-state index >= 15 is 0 Å². The number of hydrogen-bond donors (Lipinski definition) is 1. The normalized spacial score (nSPS) is 10.8. The SMILES string of the molecule is COc1cc(-c2cc(-c3nc4ccccc4nc3C)nc(N)n2)cc(OC)c1OC. The molecule has 0 amide bonds. The Balaban J connectivity index is 1.89. The lowest BCUT2D eigenvalue weighted by molar-refractivity contribution is 0.324. The summed E-state index contributed by atoms with van der Waals surface area (Å²) < 4.78 is 16.3. The highest BCUT2D eigenvalue weighted by Gasteiger charge is 2.17. The van der Waals surface area contributed by atoms with E-state index in [-0.39, 0.29) is 5.95 Å². The van der Waals surface area contributed by atoms with Crippen molar-refractivity contribution in [1.29, 1.82) is 0 Å². The number of hydrogen-bond acceptors (Lipinski definition) is 8. The van der Waals surface area contributed by atoms with Gasteiger partial charge in [0.05, 0.1) is 49.4 Å². The lowest BCUT2D eigenvalue weighted by atomic mass is 10.1. The Bertz CT molecular complexity index is 1220. The van der Waals surface area contributed by atoms with Crippen molar-refractivity contribution in [2.75, 3.05) is 27.1 Å². The summed E-state index contributed by atoms with van der Waals surface area (Å²) in [6, 6.07) is 13.1. The first-order valence-electron chi connectivity index (χ1n) is 9.22. The number of anilines is 1. The quantitative estimate of drug-likeness (QED) is 0.538. The molecule has 2 aromatic carbocycles. The third-order valence-corrected chi connectivity index (χ3v) is 4.69. The van der Waals surface area contributed by atoms with Crippen molar-refractivity contribution >= 4 is 17.0 Å². The van der Waals surface area contributed by atoms with Crippen LogP contribution in [0.2, 0.25) is 0 Å². The highest BCUT2D eigenvalue weighted by molar-refractivity contribution is 5.79. The molecular weight excluding hydrogens is 382 g/mol. The van der Waals surface area contributed by atoms with Gasteiger partial charge in [-0.3, -0.25) is 0 Å². The molecule has 2 heterocycles. The number of benzene rings is 2. The number of aryl methyl sites for hydroxylation is 1. The van der Waals surface area contributed by atoms with Gasteiger partial charge in [0.15, 0.2) is 11.5 Å². The molecule has 0 aliphatic heterocycles. The molecule has 4 rings (SSSR count). The van der Waals surface area contributed by atoms with E-state index in [1.807, 2.05) is 49.4 Å². The molecule has 0 bridgehead atoms. The molecular formula is C22H21N5O3. The first kappa shape index (κ1) is 19.4. The first-order valence-corrected chi connectivity index (χ1v) is 9.22. The predicted octanol–water partition coefficient (Wildman–Crippen LogP) is 3.67. The van der Waals surface area contributed by atoms with Crippen LogP contribution < -0.4 is 19.9 Å². The molecule has 0 atom stereocenters. The van der Waals surface area contributed by atoms with E-state index < -0.39 is 0 Å². The fraction of sp³-hybridized carbons (Fsp3) is 0.182. The third-order valence-electron chi connectivity index (χ3n) is 4.69. The number of nitrogens with two attached hydrogens (primary N) is 1. The average molecular weight is 403 g/mol. The summed E-state index contributed by atoms with van der Waals surface area (Å²) in [5.41, 5.74) is 11.0. The molecule has 0 aliphatic carbocycles. The summed E-state index contributed by atoms with van der Waals surface area (Å²) in [6.45, 7) is 1.90. The zero-order valence-corrected chi connectivity index (χ0v) is 17.1. The minimum atomic E-state index is 0.130. The molecule has 0 aliphatic rings. The maximum Gasteiger partial charge on any atom is 0.221 e. The lowest BCUT2D eigenvalue weighted by Crippen LogP contribution is -2.02. The molecule has 8 nitrogen and oxygen atoms in total. The number of nitrogens with zero attached hydrogens (tertiary/aromatic N) is 4. The van der Waals surface area contributed by atoms with Crippen molar-refractivity contribution in [2.45, 2.75) is 6.92 Å². The molecule has 0 saturated carbocycles. The zero-order valence-electron chi connectivity index (χ0n) is 17.1. The van der Waals surface area contributed by atoms with E-state index in [0.717, 1.165) is 22.3 Å². The number of fused-ring (bicyclic) bond motifs is 1. The second-order valence-corrected chi connectivity index (χ2v) is 6.56. The molecule has 0 spiro atoms. The van der Waals surface area contributed by atoms with Gasteiger partial charge in [-0.05, 0) is 37.3 Å². The van der Waals surface area contributed by atoms with Crippen LogP contribution in [0, 0.1) is 6.92 Å². The van der Waals surface area contributed by atoms with Gasteiger partial charge in [-0.2, -0.15) is 0 Å². The first-order chi connectivity index (χ1) is 14.5. The molecule has 30 heavy (non-hydrogen) atoms. The largest absolute Gasteiger partial charge is 0.493 e. The van der Waals surface area contributed by atoms with E-state index in [1.165, 1.54) is 0 Å². The molecule has 0 saturated heterocycles. The number of aromatic nitrogens is 4. The maximum atomic E-state index is 6.04. The summed E-state index contributed by atoms with van der Waals surface area (Å²) in [5, 5.41) is 0. The smallest absolute Gasteiger partial charge is 0.221 e. The van der Waals surface area contributed by atoms with Crippen molar-refractivity contribution in [2.24, 2.45) is 0 Å². The number of para-hydroxylation sites is 2. The van der Waals surface area contributed by atoms with E-state index in [1.54, 1.807) is 21.3 Å². The van der Waals surface area contributed by atoms with E-state index in [0.29, 0.717) is 34.3 Å². The maximum absolute atomic E-state index is 6.04. The van der Waals surface area contributed by atoms with Crippen molar-refractivity contribution in [3.63, 3.8) is 0 Å². The van der Waals surface area contributed by atoms with Crippen LogP contribution in [0.1, 0.15) is 5.69 Å². The van der Waals surface area contributed by atoms with Gasteiger partial charge in [-0.15, -0.1) is 0 Å². The van der Waals surface area contributed by atoms with Crippen molar-refractivity contribution in [3.8, 4) is 39.9 Å². The fourth-order valence-corrected chi connectivity index (χ4v) is 3.29. The lowest BCUT2D eigenvalue weighted by Gasteiger charge is -2.14. The van der Waals surface area contributed by atoms with E-state index in [4.69, 9.17) is 24.9 Å². The molecule has 2 aromatic heterocycles. The summed E-state index contributed by atoms with van der Waals surface area (Å²) in [5.74, 6) is 1.67. The Morgan fingerprint density at radius 2 is 1.33 bits per heavy atom. The van der Waals surface area contributed by atoms with Crippen LogP contribution in [0.5, 0.6) is 17.2 Å². The third kappa shape index (κ3) is 3.43. The molecule has 8 heteroatoms. The topological polar surface area (TPSA) is 105 Å². The van der Waals surface area contributed by atoms with Gasteiger partial charge in [-0.1, -0.05) is 12.1 Å². The Morgan fingerprint density at radius 3 is 1.93 bits per heavy atom. The molecule has 152 valence electrons. The molecule has 2 N–H and O–H groups in total. The number of ether oxygens (including phenoxy) is 3. The molecule has 0 unspecified atom stereocenters. The molecule has 0 fully saturated rings. The Labute approximate surface area is 173 Å². The Kier molecular flexibility index (Phi) is 5.05. The van der Waals surface area contributed by atoms with Crippen LogP contribution >= 0.6 is 0 Å². The van der Waals surface area contributed by atoms with Crippen LogP contribution in [-0.4, -0.2) is 41.3 Å². The Morgan fingerprint density at radius 1 is 0.733 bits per heavy atom. The standard InChI is InChI=1S/C22H21N5O3/c1-12-20(25-15-8-6-5-7-14(15)24-12)17-11-16(26-22(23)27-17)13-9-18(28-2)21(30-4)19(10-13)29-3/h5-11H,1-4H3,(H2,23,26,27). The van der Waals surface area contributed by atoms with Crippen molar-refractivity contribution in [1.82, 2.24) is 19.9 Å². The van der Waals surface area contributed by atoms with E-state index in [2.05, 4.69) is 15.0 Å². The van der Waals surface area contributed by atoms with Gasteiger partial charge >= 0.3 is 0 Å². The predicted molar refractivity (Wildman–Crippen MR) is 115 cm³/mol.